The van der Waals surface area contributed by atoms with E-state index in [1.165, 1.54) is 5.57 Å². The molecular formula is C27H42O5Si. The van der Waals surface area contributed by atoms with Gasteiger partial charge in [-0.1, -0.05) is 46.8 Å². The van der Waals surface area contributed by atoms with Gasteiger partial charge in [0.1, 0.15) is 18.0 Å². The SMILES string of the molecule is COc1cccc2c1C(=O)[C@@H]1C[C@H](O[Si](C)(C)C(C)(C)C)C(C)=C([C@@H](OC)[C@@H]2OC)C1(C)C. The smallest absolute Gasteiger partial charge is 0.192 e. The van der Waals surface area contributed by atoms with E-state index in [1.807, 2.05) is 18.2 Å². The first-order valence-corrected chi connectivity index (χ1v) is 14.8. The molecule has 3 rings (SSSR count). The van der Waals surface area contributed by atoms with E-state index in [0.717, 1.165) is 11.1 Å². The Morgan fingerprint density at radius 2 is 1.64 bits per heavy atom. The van der Waals surface area contributed by atoms with E-state index in [4.69, 9.17) is 18.6 Å². The third-order valence-corrected chi connectivity index (χ3v) is 12.9. The van der Waals surface area contributed by atoms with Crippen LogP contribution < -0.4 is 4.74 Å². The first-order chi connectivity index (χ1) is 15.2. The number of fused-ring (bicyclic) bond motifs is 3. The molecule has 4 atom stereocenters. The van der Waals surface area contributed by atoms with Gasteiger partial charge in [0.05, 0.1) is 18.8 Å². The molecule has 0 aliphatic heterocycles. The fraction of sp³-hybridized carbons (Fsp3) is 0.667. The lowest BCUT2D eigenvalue weighted by Gasteiger charge is -2.51. The predicted octanol–water partition coefficient (Wildman–Crippen LogP) is 6.35. The van der Waals surface area contributed by atoms with E-state index in [-0.39, 0.29) is 28.9 Å². The summed E-state index contributed by atoms with van der Waals surface area (Å²) in [5.41, 5.74) is 3.32. The Morgan fingerprint density at radius 3 is 2.15 bits per heavy atom. The van der Waals surface area contributed by atoms with Crippen LogP contribution in [0.4, 0.5) is 0 Å². The average molecular weight is 475 g/mol. The molecule has 0 saturated carbocycles. The van der Waals surface area contributed by atoms with Crippen molar-refractivity contribution in [3.05, 3.63) is 40.5 Å². The molecule has 0 fully saturated rings. The number of hydrogen-bond acceptors (Lipinski definition) is 5. The van der Waals surface area contributed by atoms with E-state index in [1.54, 1.807) is 21.3 Å². The zero-order chi connectivity index (χ0) is 24.9. The van der Waals surface area contributed by atoms with Gasteiger partial charge in [0.15, 0.2) is 14.1 Å². The molecule has 0 spiro atoms. The number of hydrogen-bond donors (Lipinski definition) is 0. The molecule has 2 bridgehead atoms. The summed E-state index contributed by atoms with van der Waals surface area (Å²) in [4.78, 5) is 14.2. The van der Waals surface area contributed by atoms with Crippen molar-refractivity contribution in [3.63, 3.8) is 0 Å². The second-order valence-corrected chi connectivity index (χ2v) is 16.3. The lowest BCUT2D eigenvalue weighted by Crippen LogP contribution is -2.52. The summed E-state index contributed by atoms with van der Waals surface area (Å²) in [5.74, 6) is 0.427. The van der Waals surface area contributed by atoms with Crippen LogP contribution >= 0.6 is 0 Å². The molecule has 1 aromatic carbocycles. The van der Waals surface area contributed by atoms with Gasteiger partial charge in [-0.15, -0.1) is 0 Å². The molecule has 0 unspecified atom stereocenters. The minimum absolute atomic E-state index is 0.0719. The van der Waals surface area contributed by atoms with Crippen molar-refractivity contribution in [3.8, 4) is 5.75 Å². The Bertz CT molecular complexity index is 940. The predicted molar refractivity (Wildman–Crippen MR) is 135 cm³/mol. The second-order valence-electron chi connectivity index (χ2n) is 11.6. The molecule has 184 valence electrons. The molecule has 33 heavy (non-hydrogen) atoms. The lowest BCUT2D eigenvalue weighted by atomic mass is 9.58. The topological polar surface area (TPSA) is 54.0 Å². The highest BCUT2D eigenvalue weighted by molar-refractivity contribution is 6.74. The summed E-state index contributed by atoms with van der Waals surface area (Å²) in [7, 11) is 2.95. The van der Waals surface area contributed by atoms with Crippen molar-refractivity contribution in [2.75, 3.05) is 21.3 Å². The number of benzene rings is 1. The molecule has 5 nitrogen and oxygen atoms in total. The second kappa shape index (κ2) is 8.95. The van der Waals surface area contributed by atoms with Crippen LogP contribution in [0.3, 0.4) is 0 Å². The van der Waals surface area contributed by atoms with Crippen molar-refractivity contribution in [2.24, 2.45) is 11.3 Å². The van der Waals surface area contributed by atoms with Gasteiger partial charge in [0.25, 0.3) is 0 Å². The van der Waals surface area contributed by atoms with Crippen LogP contribution in [0.15, 0.2) is 29.3 Å². The van der Waals surface area contributed by atoms with Gasteiger partial charge in [0, 0.05) is 20.1 Å². The minimum Gasteiger partial charge on any atom is -0.496 e. The maximum Gasteiger partial charge on any atom is 0.192 e. The first-order valence-electron chi connectivity index (χ1n) is 11.9. The number of methoxy groups -OCH3 is 3. The van der Waals surface area contributed by atoms with Gasteiger partial charge in [-0.05, 0) is 59.7 Å². The highest BCUT2D eigenvalue weighted by atomic mass is 28.4. The number of carbonyl (C=O) groups excluding carboxylic acids is 1. The van der Waals surface area contributed by atoms with Crippen LogP contribution in [0.2, 0.25) is 18.1 Å². The monoisotopic (exact) mass is 474 g/mol. The molecule has 0 heterocycles. The van der Waals surface area contributed by atoms with E-state index in [0.29, 0.717) is 17.7 Å². The summed E-state index contributed by atoms with van der Waals surface area (Å²) in [6.07, 6.45) is -0.244. The van der Waals surface area contributed by atoms with Crippen LogP contribution in [0.25, 0.3) is 0 Å². The zero-order valence-corrected chi connectivity index (χ0v) is 23.3. The zero-order valence-electron chi connectivity index (χ0n) is 22.3. The fourth-order valence-electron chi connectivity index (χ4n) is 5.45. The van der Waals surface area contributed by atoms with Crippen molar-refractivity contribution >= 4 is 14.1 Å². The van der Waals surface area contributed by atoms with Gasteiger partial charge in [-0.3, -0.25) is 4.79 Å². The first kappa shape index (κ1) is 26.1. The van der Waals surface area contributed by atoms with Gasteiger partial charge in [0.2, 0.25) is 0 Å². The number of rotatable bonds is 5. The molecule has 2 aliphatic rings. The van der Waals surface area contributed by atoms with Crippen molar-refractivity contribution < 1.29 is 23.4 Å². The average Bonchev–Trinajstić information content (AvgIpc) is 2.72. The summed E-state index contributed by atoms with van der Waals surface area (Å²) >= 11 is 0. The Hall–Kier alpha value is -1.47. The molecule has 0 amide bonds. The van der Waals surface area contributed by atoms with Gasteiger partial charge >= 0.3 is 0 Å². The molecule has 2 aliphatic carbocycles. The van der Waals surface area contributed by atoms with Gasteiger partial charge in [-0.25, -0.2) is 0 Å². The number of ether oxygens (including phenoxy) is 3. The number of carbonyl (C=O) groups is 1. The van der Waals surface area contributed by atoms with E-state index in [2.05, 4.69) is 54.6 Å². The van der Waals surface area contributed by atoms with E-state index in [9.17, 15) is 4.79 Å². The normalized spacial score (nSPS) is 27.7. The largest absolute Gasteiger partial charge is 0.496 e. The van der Waals surface area contributed by atoms with E-state index >= 15 is 0 Å². The number of ketones is 1. The molecule has 1 aromatic rings. The van der Waals surface area contributed by atoms with Gasteiger partial charge in [-0.2, -0.15) is 0 Å². The summed E-state index contributed by atoms with van der Waals surface area (Å²) in [6.45, 7) is 17.8. The molecule has 0 N–H and O–H groups in total. The van der Waals surface area contributed by atoms with Crippen molar-refractivity contribution in [2.45, 2.75) is 84.4 Å². The number of Topliss-reactive ketones (excluding diaryl/α,β-unsaturated/α-hetero) is 1. The Morgan fingerprint density at radius 1 is 1.03 bits per heavy atom. The fourth-order valence-corrected chi connectivity index (χ4v) is 6.79. The van der Waals surface area contributed by atoms with Crippen LogP contribution in [0.5, 0.6) is 5.75 Å². The maximum absolute atomic E-state index is 14.2. The van der Waals surface area contributed by atoms with Crippen LogP contribution in [0, 0.1) is 11.3 Å². The van der Waals surface area contributed by atoms with E-state index < -0.39 is 19.8 Å². The van der Waals surface area contributed by atoms with Crippen LogP contribution in [0.1, 0.15) is 70.0 Å². The van der Waals surface area contributed by atoms with Crippen molar-refractivity contribution in [1.29, 1.82) is 0 Å². The van der Waals surface area contributed by atoms with Gasteiger partial charge < -0.3 is 18.6 Å². The highest BCUT2D eigenvalue weighted by Gasteiger charge is 2.53. The van der Waals surface area contributed by atoms with Crippen LogP contribution in [-0.4, -0.2) is 47.6 Å². The summed E-state index contributed by atoms with van der Waals surface area (Å²) in [6, 6.07) is 5.73. The third kappa shape index (κ3) is 4.24. The third-order valence-electron chi connectivity index (χ3n) is 8.38. The lowest BCUT2D eigenvalue weighted by molar-refractivity contribution is -0.0386. The van der Waals surface area contributed by atoms with Crippen LogP contribution in [-0.2, 0) is 13.9 Å². The highest BCUT2D eigenvalue weighted by Crippen LogP contribution is 2.54. The molecule has 6 heteroatoms. The standard InChI is InChI=1S/C27H42O5Si/c1-16-20(32-33(10,11)26(2,3)4)15-18-23(28)21-17(13-12-14-19(21)29-7)24(30-8)25(31-9)22(16)27(18,5)6/h12-14,18,20,24-25H,15H2,1-11H3/t18-,20-,24+,25+/m0/s1. The minimum atomic E-state index is -2.07. The Labute approximate surface area is 201 Å². The molecule has 0 saturated heterocycles. The molecule has 0 radical (unpaired) electrons. The van der Waals surface area contributed by atoms with Crippen molar-refractivity contribution in [1.82, 2.24) is 0 Å². The maximum atomic E-state index is 14.2. The molecule has 0 aromatic heterocycles. The summed E-state index contributed by atoms with van der Waals surface area (Å²) in [5, 5.41) is 0.0719. The Kier molecular flexibility index (Phi) is 7.09. The quantitative estimate of drug-likeness (QED) is 0.368. The Balaban J connectivity index is 2.29. The molecular weight excluding hydrogens is 432 g/mol. The summed E-state index contributed by atoms with van der Waals surface area (Å²) < 4.78 is 24.8.